The Morgan fingerprint density at radius 3 is 2.37 bits per heavy atom. The highest BCUT2D eigenvalue weighted by atomic mass is 15.2. The average molecular weight is 266 g/mol. The van der Waals surface area contributed by atoms with Gasteiger partial charge in [0.1, 0.15) is 0 Å². The summed E-state index contributed by atoms with van der Waals surface area (Å²) < 4.78 is 0. The van der Waals surface area contributed by atoms with Gasteiger partial charge in [0.05, 0.1) is 0 Å². The molecule has 0 amide bonds. The first-order chi connectivity index (χ1) is 9.19. The summed E-state index contributed by atoms with van der Waals surface area (Å²) >= 11 is 0. The first kappa shape index (κ1) is 15.3. The fraction of sp³-hybridized carbons (Fsp3) is 1.00. The summed E-state index contributed by atoms with van der Waals surface area (Å²) in [5, 5.41) is 0. The molecular weight excluding hydrogens is 232 g/mol. The lowest BCUT2D eigenvalue weighted by atomic mass is 9.91. The molecule has 2 rings (SSSR count). The summed E-state index contributed by atoms with van der Waals surface area (Å²) in [6, 6.07) is 0.734. The van der Waals surface area contributed by atoms with Crippen molar-refractivity contribution >= 4 is 0 Å². The summed E-state index contributed by atoms with van der Waals surface area (Å²) in [4.78, 5) is 5.43. The van der Waals surface area contributed by atoms with Crippen LogP contribution in [0.5, 0.6) is 0 Å². The fourth-order valence-corrected chi connectivity index (χ4v) is 3.95. The minimum absolute atomic E-state index is 0.734. The maximum atomic E-state index is 2.75. The van der Waals surface area contributed by atoms with Gasteiger partial charge in [-0.05, 0) is 71.0 Å². The predicted molar refractivity (Wildman–Crippen MR) is 83.5 cm³/mol. The van der Waals surface area contributed by atoms with Crippen LogP contribution in [-0.4, -0.2) is 48.6 Å². The van der Waals surface area contributed by atoms with E-state index in [2.05, 4.69) is 30.6 Å². The van der Waals surface area contributed by atoms with Gasteiger partial charge in [-0.2, -0.15) is 0 Å². The van der Waals surface area contributed by atoms with Crippen molar-refractivity contribution in [2.45, 2.75) is 65.3 Å². The van der Waals surface area contributed by atoms with Gasteiger partial charge in [0.2, 0.25) is 0 Å². The van der Waals surface area contributed by atoms with Crippen LogP contribution in [-0.2, 0) is 0 Å². The molecule has 0 spiro atoms. The molecule has 2 saturated heterocycles. The Morgan fingerprint density at radius 1 is 1.00 bits per heavy atom. The van der Waals surface area contributed by atoms with Gasteiger partial charge in [-0.15, -0.1) is 0 Å². The molecule has 2 heteroatoms. The minimum atomic E-state index is 0.734. The van der Waals surface area contributed by atoms with E-state index in [1.54, 1.807) is 0 Å². The third kappa shape index (κ3) is 4.75. The molecule has 112 valence electrons. The molecule has 1 atom stereocenters. The van der Waals surface area contributed by atoms with Crippen LogP contribution in [0.15, 0.2) is 0 Å². The van der Waals surface area contributed by atoms with Gasteiger partial charge < -0.3 is 9.80 Å². The highest BCUT2D eigenvalue weighted by Gasteiger charge is 2.25. The lowest BCUT2D eigenvalue weighted by molar-refractivity contribution is 0.0930. The van der Waals surface area contributed by atoms with Crippen molar-refractivity contribution in [2.75, 3.05) is 32.7 Å². The Kier molecular flexibility index (Phi) is 6.15. The second-order valence-electron chi connectivity index (χ2n) is 7.13. The van der Waals surface area contributed by atoms with Gasteiger partial charge in [0.15, 0.2) is 0 Å². The molecule has 0 aliphatic carbocycles. The van der Waals surface area contributed by atoms with E-state index < -0.39 is 0 Å². The Labute approximate surface area is 120 Å². The largest absolute Gasteiger partial charge is 0.303 e. The zero-order valence-electron chi connectivity index (χ0n) is 13.4. The standard InChI is InChI=1S/C17H34N2/c1-4-6-16-8-11-18(12-9-16)13-17-7-5-10-19(14-17)15(2)3/h15-17H,4-14H2,1-3H3/t17-/m1/s1. The number of rotatable bonds is 5. The molecule has 0 aromatic heterocycles. The molecule has 0 N–H and O–H groups in total. The van der Waals surface area contributed by atoms with E-state index in [0.717, 1.165) is 17.9 Å². The van der Waals surface area contributed by atoms with Gasteiger partial charge in [0.25, 0.3) is 0 Å². The number of nitrogens with zero attached hydrogens (tertiary/aromatic N) is 2. The van der Waals surface area contributed by atoms with Crippen LogP contribution in [0.4, 0.5) is 0 Å². The molecule has 0 aromatic carbocycles. The van der Waals surface area contributed by atoms with E-state index in [-0.39, 0.29) is 0 Å². The van der Waals surface area contributed by atoms with Crippen molar-refractivity contribution in [2.24, 2.45) is 11.8 Å². The molecule has 2 aliphatic rings. The van der Waals surface area contributed by atoms with Crippen molar-refractivity contribution in [1.82, 2.24) is 9.80 Å². The maximum absolute atomic E-state index is 2.75. The van der Waals surface area contributed by atoms with Gasteiger partial charge in [0, 0.05) is 19.1 Å². The molecule has 2 heterocycles. The molecule has 0 aromatic rings. The number of hydrogen-bond acceptors (Lipinski definition) is 2. The van der Waals surface area contributed by atoms with Crippen LogP contribution >= 0.6 is 0 Å². The number of hydrogen-bond donors (Lipinski definition) is 0. The molecule has 0 unspecified atom stereocenters. The molecule has 0 bridgehead atoms. The SMILES string of the molecule is CCCC1CCN(C[C@H]2CCCN(C(C)C)C2)CC1. The van der Waals surface area contributed by atoms with Crippen LogP contribution in [0.2, 0.25) is 0 Å². The van der Waals surface area contributed by atoms with Crippen molar-refractivity contribution in [3.63, 3.8) is 0 Å². The minimum Gasteiger partial charge on any atom is -0.303 e. The summed E-state index contributed by atoms with van der Waals surface area (Å²) in [5.41, 5.74) is 0. The third-order valence-corrected chi connectivity index (χ3v) is 5.20. The van der Waals surface area contributed by atoms with E-state index in [9.17, 15) is 0 Å². The zero-order chi connectivity index (χ0) is 13.7. The molecular formula is C17H34N2. The lowest BCUT2D eigenvalue weighted by Gasteiger charge is -2.39. The van der Waals surface area contributed by atoms with Crippen molar-refractivity contribution in [1.29, 1.82) is 0 Å². The first-order valence-corrected chi connectivity index (χ1v) is 8.65. The Balaban J connectivity index is 1.70. The molecule has 2 fully saturated rings. The highest BCUT2D eigenvalue weighted by molar-refractivity contribution is 4.80. The van der Waals surface area contributed by atoms with E-state index in [1.807, 2.05) is 0 Å². The highest BCUT2D eigenvalue weighted by Crippen LogP contribution is 2.24. The molecule has 2 nitrogen and oxygen atoms in total. The summed E-state index contributed by atoms with van der Waals surface area (Å²) in [6.45, 7) is 13.8. The molecule has 19 heavy (non-hydrogen) atoms. The summed E-state index contributed by atoms with van der Waals surface area (Å²) in [6.07, 6.45) is 8.60. The summed E-state index contributed by atoms with van der Waals surface area (Å²) in [5.74, 6) is 1.96. The topological polar surface area (TPSA) is 6.48 Å². The van der Waals surface area contributed by atoms with Crippen molar-refractivity contribution < 1.29 is 0 Å². The van der Waals surface area contributed by atoms with Gasteiger partial charge in [-0.1, -0.05) is 19.8 Å². The first-order valence-electron chi connectivity index (χ1n) is 8.65. The fourth-order valence-electron chi connectivity index (χ4n) is 3.95. The average Bonchev–Trinajstić information content (AvgIpc) is 2.42. The number of likely N-dealkylation sites (tertiary alicyclic amines) is 2. The van der Waals surface area contributed by atoms with E-state index >= 15 is 0 Å². The molecule has 0 saturated carbocycles. The maximum Gasteiger partial charge on any atom is 0.00387 e. The Bertz CT molecular complexity index is 244. The second-order valence-corrected chi connectivity index (χ2v) is 7.13. The Morgan fingerprint density at radius 2 is 1.74 bits per heavy atom. The van der Waals surface area contributed by atoms with Crippen LogP contribution in [0.3, 0.4) is 0 Å². The van der Waals surface area contributed by atoms with E-state index in [0.29, 0.717) is 0 Å². The smallest absolute Gasteiger partial charge is 0.00387 e. The van der Waals surface area contributed by atoms with Crippen molar-refractivity contribution in [3.05, 3.63) is 0 Å². The molecule has 2 aliphatic heterocycles. The normalized spacial score (nSPS) is 28.1. The monoisotopic (exact) mass is 266 g/mol. The third-order valence-electron chi connectivity index (χ3n) is 5.20. The zero-order valence-corrected chi connectivity index (χ0v) is 13.4. The second kappa shape index (κ2) is 7.64. The molecule has 0 radical (unpaired) electrons. The predicted octanol–water partition coefficient (Wildman–Crippen LogP) is 3.62. The van der Waals surface area contributed by atoms with Gasteiger partial charge in [-0.25, -0.2) is 0 Å². The van der Waals surface area contributed by atoms with Gasteiger partial charge >= 0.3 is 0 Å². The van der Waals surface area contributed by atoms with E-state index in [4.69, 9.17) is 0 Å². The Hall–Kier alpha value is -0.0800. The quantitative estimate of drug-likeness (QED) is 0.750. The lowest BCUT2D eigenvalue weighted by Crippen LogP contribution is -2.45. The van der Waals surface area contributed by atoms with Gasteiger partial charge in [-0.3, -0.25) is 0 Å². The van der Waals surface area contributed by atoms with Crippen LogP contribution < -0.4 is 0 Å². The van der Waals surface area contributed by atoms with Crippen LogP contribution in [0.25, 0.3) is 0 Å². The number of piperidine rings is 2. The van der Waals surface area contributed by atoms with E-state index in [1.165, 1.54) is 71.2 Å². The summed E-state index contributed by atoms with van der Waals surface area (Å²) in [7, 11) is 0. The van der Waals surface area contributed by atoms with Crippen LogP contribution in [0, 0.1) is 11.8 Å². The van der Waals surface area contributed by atoms with Crippen LogP contribution in [0.1, 0.15) is 59.3 Å². The van der Waals surface area contributed by atoms with Crippen molar-refractivity contribution in [3.8, 4) is 0 Å².